The van der Waals surface area contributed by atoms with Gasteiger partial charge in [0, 0.05) is 23.3 Å². The van der Waals surface area contributed by atoms with E-state index < -0.39 is 18.0 Å². The number of aromatic hydroxyl groups is 2. The average Bonchev–Trinajstić information content (AvgIpc) is 3.12. The third-order valence-electron chi connectivity index (χ3n) is 8.45. The number of rotatable bonds is 20. The first-order chi connectivity index (χ1) is 23.8. The van der Waals surface area contributed by atoms with Gasteiger partial charge in [-0.05, 0) is 43.5 Å². The van der Waals surface area contributed by atoms with Crippen LogP contribution in [-0.2, 0) is 9.68 Å². The minimum Gasteiger partial charge on any atom is -0.507 e. The molecule has 0 bridgehead atoms. The Morgan fingerprint density at radius 2 is 1.10 bits per heavy atom. The Labute approximate surface area is 288 Å². The van der Waals surface area contributed by atoms with Crippen molar-refractivity contribution in [1.82, 2.24) is 0 Å². The summed E-state index contributed by atoms with van der Waals surface area (Å²) in [6, 6.07) is 26.0. The van der Waals surface area contributed by atoms with Crippen LogP contribution >= 0.6 is 0 Å². The predicted molar refractivity (Wildman–Crippen MR) is 188 cm³/mol. The zero-order chi connectivity index (χ0) is 35.0. The van der Waals surface area contributed by atoms with E-state index in [0.717, 1.165) is 25.7 Å². The molecule has 49 heavy (non-hydrogen) atoms. The first-order valence-electron chi connectivity index (χ1n) is 17.2. The molecule has 0 aliphatic rings. The number of ketones is 2. The summed E-state index contributed by atoms with van der Waals surface area (Å²) in [6.45, 7) is 4.15. The summed E-state index contributed by atoms with van der Waals surface area (Å²) >= 11 is 0. The van der Waals surface area contributed by atoms with E-state index in [-0.39, 0.29) is 39.9 Å². The van der Waals surface area contributed by atoms with Crippen LogP contribution in [0.25, 0.3) is 0 Å². The second kappa shape index (κ2) is 19.0. The minimum atomic E-state index is -0.703. The molecule has 2 unspecified atom stereocenters. The van der Waals surface area contributed by atoms with Crippen LogP contribution in [0.3, 0.4) is 0 Å². The van der Waals surface area contributed by atoms with Gasteiger partial charge in [0.2, 0.25) is 0 Å². The second-order valence-corrected chi connectivity index (χ2v) is 12.2. The molecule has 4 aromatic carbocycles. The molecule has 0 heterocycles. The maximum atomic E-state index is 13.5. The van der Waals surface area contributed by atoms with Crippen molar-refractivity contribution in [2.75, 3.05) is 0 Å². The molecule has 2 atom stereocenters. The lowest BCUT2D eigenvalue weighted by Crippen LogP contribution is -2.35. The third-order valence-corrected chi connectivity index (χ3v) is 8.45. The topological polar surface area (TPSA) is 119 Å². The van der Waals surface area contributed by atoms with Gasteiger partial charge < -0.3 is 14.9 Å². The number of hydrogen-bond donors (Lipinski definition) is 2. The van der Waals surface area contributed by atoms with Gasteiger partial charge in [-0.3, -0.25) is 14.5 Å². The van der Waals surface area contributed by atoms with E-state index in [1.165, 1.54) is 49.6 Å². The highest BCUT2D eigenvalue weighted by molar-refractivity contribution is 6.11. The SMILES string of the molecule is CCCCCCCCCC(Oc1ccc(C(=O)c2ccccc2)c(O)c1)C(CCC)C(=O)OOc1ccc(C(=O)c2ccccc2)c(O)c1. The fraction of sp³-hybridized carbons (Fsp3) is 0.341. The molecule has 4 aromatic rings. The van der Waals surface area contributed by atoms with Crippen molar-refractivity contribution in [3.05, 3.63) is 119 Å². The Morgan fingerprint density at radius 3 is 1.63 bits per heavy atom. The summed E-state index contributed by atoms with van der Waals surface area (Å²) in [6.07, 6.45) is 8.73. The molecular formula is C41H46O8. The van der Waals surface area contributed by atoms with Crippen LogP contribution in [-0.4, -0.2) is 33.9 Å². The van der Waals surface area contributed by atoms with E-state index in [0.29, 0.717) is 36.1 Å². The smallest absolute Gasteiger partial charge is 0.362 e. The van der Waals surface area contributed by atoms with Crippen LogP contribution in [0.15, 0.2) is 97.1 Å². The molecule has 8 nitrogen and oxygen atoms in total. The van der Waals surface area contributed by atoms with Crippen molar-refractivity contribution in [3.63, 3.8) is 0 Å². The number of carbonyl (C=O) groups excluding carboxylic acids is 3. The Balaban J connectivity index is 1.47. The maximum absolute atomic E-state index is 13.5. The molecule has 2 N–H and O–H groups in total. The molecule has 0 saturated carbocycles. The summed E-state index contributed by atoms with van der Waals surface area (Å²) in [5.41, 5.74) is 1.13. The van der Waals surface area contributed by atoms with Crippen molar-refractivity contribution in [1.29, 1.82) is 0 Å². The largest absolute Gasteiger partial charge is 0.507 e. The summed E-state index contributed by atoms with van der Waals surface area (Å²) in [5.74, 6) is -2.14. The highest BCUT2D eigenvalue weighted by atomic mass is 17.2. The number of unbranched alkanes of at least 4 members (excludes halogenated alkanes) is 6. The lowest BCUT2D eigenvalue weighted by molar-refractivity contribution is -0.222. The van der Waals surface area contributed by atoms with Crippen LogP contribution in [0.1, 0.15) is 110 Å². The molecule has 8 heteroatoms. The number of ether oxygens (including phenoxy) is 1. The van der Waals surface area contributed by atoms with Crippen molar-refractivity contribution in [2.24, 2.45) is 5.92 Å². The highest BCUT2D eigenvalue weighted by Crippen LogP contribution is 2.31. The van der Waals surface area contributed by atoms with E-state index in [2.05, 4.69) is 6.92 Å². The summed E-state index contributed by atoms with van der Waals surface area (Å²) in [4.78, 5) is 49.9. The Kier molecular flexibility index (Phi) is 14.3. The lowest BCUT2D eigenvalue weighted by atomic mass is 9.92. The summed E-state index contributed by atoms with van der Waals surface area (Å²) in [5, 5.41) is 21.4. The second-order valence-electron chi connectivity index (χ2n) is 12.2. The number of carbonyl (C=O) groups is 3. The first-order valence-corrected chi connectivity index (χ1v) is 17.2. The fourth-order valence-corrected chi connectivity index (χ4v) is 5.76. The van der Waals surface area contributed by atoms with E-state index in [1.54, 1.807) is 60.7 Å². The Bertz CT molecular complexity index is 1650. The number of phenolic OH excluding ortho intramolecular Hbond substituents is 2. The van der Waals surface area contributed by atoms with Crippen molar-refractivity contribution in [3.8, 4) is 23.0 Å². The highest BCUT2D eigenvalue weighted by Gasteiger charge is 2.32. The van der Waals surface area contributed by atoms with Gasteiger partial charge in [0.25, 0.3) is 0 Å². The van der Waals surface area contributed by atoms with Gasteiger partial charge in [-0.1, -0.05) is 119 Å². The lowest BCUT2D eigenvalue weighted by Gasteiger charge is -2.26. The number of hydrogen-bond acceptors (Lipinski definition) is 8. The number of benzene rings is 4. The maximum Gasteiger partial charge on any atom is 0.362 e. The summed E-state index contributed by atoms with van der Waals surface area (Å²) in [7, 11) is 0. The van der Waals surface area contributed by atoms with Crippen molar-refractivity contribution < 1.29 is 39.1 Å². The molecule has 0 aliphatic heterocycles. The van der Waals surface area contributed by atoms with Gasteiger partial charge >= 0.3 is 5.97 Å². The minimum absolute atomic E-state index is 0.0545. The quantitative estimate of drug-likeness (QED) is 0.0414. The monoisotopic (exact) mass is 666 g/mol. The zero-order valence-corrected chi connectivity index (χ0v) is 28.3. The van der Waals surface area contributed by atoms with Crippen LogP contribution in [0, 0.1) is 5.92 Å². The molecule has 0 fully saturated rings. The molecule has 0 aliphatic carbocycles. The van der Waals surface area contributed by atoms with E-state index in [1.807, 2.05) is 13.0 Å². The Morgan fingerprint density at radius 1 is 0.592 bits per heavy atom. The molecule has 0 amide bonds. The van der Waals surface area contributed by atoms with Gasteiger partial charge in [0.15, 0.2) is 17.3 Å². The molecule has 4 rings (SSSR count). The molecule has 0 radical (unpaired) electrons. The molecule has 0 saturated heterocycles. The predicted octanol–water partition coefficient (Wildman–Crippen LogP) is 9.40. The zero-order valence-electron chi connectivity index (χ0n) is 28.3. The van der Waals surface area contributed by atoms with E-state index in [9.17, 15) is 24.6 Å². The van der Waals surface area contributed by atoms with Gasteiger partial charge in [0.1, 0.15) is 23.4 Å². The van der Waals surface area contributed by atoms with Gasteiger partial charge in [-0.25, -0.2) is 9.68 Å². The number of phenols is 2. The molecule has 258 valence electrons. The third kappa shape index (κ3) is 10.7. The fourth-order valence-electron chi connectivity index (χ4n) is 5.76. The molecular weight excluding hydrogens is 620 g/mol. The van der Waals surface area contributed by atoms with Crippen molar-refractivity contribution in [2.45, 2.75) is 84.2 Å². The van der Waals surface area contributed by atoms with Crippen LogP contribution in [0.2, 0.25) is 0 Å². The van der Waals surface area contributed by atoms with Gasteiger partial charge in [-0.2, -0.15) is 0 Å². The van der Waals surface area contributed by atoms with Crippen molar-refractivity contribution >= 4 is 17.5 Å². The standard InChI is InChI=1S/C41H46O8/c1-3-5-6-7-8-9-16-22-38(47-31-23-25-33(36(42)27-31)39(44)29-18-12-10-13-19-29)35(17-4-2)41(46)49-48-32-24-26-34(37(43)28-32)40(45)30-20-14-11-15-21-30/h10-15,18-21,23-28,35,38,42-43H,3-9,16-17,22H2,1-2H3. The molecule has 0 spiro atoms. The average molecular weight is 667 g/mol. The first kappa shape index (κ1) is 36.7. The van der Waals surface area contributed by atoms with Crippen LogP contribution < -0.4 is 9.62 Å². The summed E-state index contributed by atoms with van der Waals surface area (Å²) < 4.78 is 6.37. The Hall–Kier alpha value is -5.11. The van der Waals surface area contributed by atoms with Crippen LogP contribution in [0.5, 0.6) is 23.0 Å². The molecule has 0 aromatic heterocycles. The van der Waals surface area contributed by atoms with Crippen LogP contribution in [0.4, 0.5) is 0 Å². The van der Waals surface area contributed by atoms with Gasteiger partial charge in [0.05, 0.1) is 17.0 Å². The van der Waals surface area contributed by atoms with E-state index in [4.69, 9.17) is 14.5 Å². The normalized spacial score (nSPS) is 12.1. The van der Waals surface area contributed by atoms with E-state index >= 15 is 0 Å². The van der Waals surface area contributed by atoms with Gasteiger partial charge in [-0.15, -0.1) is 0 Å².